The van der Waals surface area contributed by atoms with E-state index in [4.69, 9.17) is 0 Å². The van der Waals surface area contributed by atoms with Gasteiger partial charge in [0.2, 0.25) is 0 Å². The second kappa shape index (κ2) is 2.57. The molecule has 2 N–H and O–H groups in total. The summed E-state index contributed by atoms with van der Waals surface area (Å²) in [6, 6.07) is 0. The van der Waals surface area contributed by atoms with Crippen LogP contribution in [0.4, 0.5) is 0 Å². The first kappa shape index (κ1) is 7.76. The summed E-state index contributed by atoms with van der Waals surface area (Å²) in [6.45, 7) is 1.36. The lowest BCUT2D eigenvalue weighted by atomic mass is 9.93. The van der Waals surface area contributed by atoms with E-state index in [-0.39, 0.29) is 0 Å². The highest BCUT2D eigenvalue weighted by Gasteiger charge is 2.35. The molecule has 0 aromatic carbocycles. The van der Waals surface area contributed by atoms with Gasteiger partial charge in [-0.2, -0.15) is 0 Å². The molecular formula is C8H13N3O. The van der Waals surface area contributed by atoms with Crippen LogP contribution < -0.4 is 5.32 Å². The average Bonchev–Trinajstić information content (AvgIpc) is 2.34. The highest BCUT2D eigenvalue weighted by molar-refractivity contribution is 5.03. The molecule has 1 aromatic rings. The molecule has 0 unspecified atom stereocenters. The lowest BCUT2D eigenvalue weighted by Crippen LogP contribution is -2.60. The zero-order chi connectivity index (χ0) is 8.60. The van der Waals surface area contributed by atoms with E-state index in [0.29, 0.717) is 19.5 Å². The summed E-state index contributed by atoms with van der Waals surface area (Å²) >= 11 is 0. The Labute approximate surface area is 71.2 Å². The van der Waals surface area contributed by atoms with Gasteiger partial charge in [0.1, 0.15) is 5.82 Å². The first-order valence-electron chi connectivity index (χ1n) is 4.09. The van der Waals surface area contributed by atoms with Gasteiger partial charge >= 0.3 is 0 Å². The summed E-state index contributed by atoms with van der Waals surface area (Å²) in [5.41, 5.74) is -0.556. The summed E-state index contributed by atoms with van der Waals surface area (Å²) in [6.07, 6.45) is 4.29. The van der Waals surface area contributed by atoms with E-state index >= 15 is 0 Å². The molecule has 0 bridgehead atoms. The summed E-state index contributed by atoms with van der Waals surface area (Å²) in [5, 5.41) is 12.8. The van der Waals surface area contributed by atoms with Crippen molar-refractivity contribution >= 4 is 0 Å². The van der Waals surface area contributed by atoms with Crippen LogP contribution in [0.2, 0.25) is 0 Å². The summed E-state index contributed by atoms with van der Waals surface area (Å²) < 4.78 is 1.94. The van der Waals surface area contributed by atoms with Crippen LogP contribution in [0.1, 0.15) is 5.82 Å². The van der Waals surface area contributed by atoms with Crippen molar-refractivity contribution in [1.82, 2.24) is 14.9 Å². The van der Waals surface area contributed by atoms with Crippen LogP contribution in [-0.4, -0.2) is 33.3 Å². The molecule has 1 saturated heterocycles. The Morgan fingerprint density at radius 3 is 2.92 bits per heavy atom. The zero-order valence-corrected chi connectivity index (χ0v) is 7.12. The van der Waals surface area contributed by atoms with E-state index in [9.17, 15) is 5.11 Å². The Kier molecular flexibility index (Phi) is 1.66. The number of aromatic nitrogens is 2. The van der Waals surface area contributed by atoms with Crippen LogP contribution in [0.25, 0.3) is 0 Å². The van der Waals surface area contributed by atoms with Crippen LogP contribution in [0.3, 0.4) is 0 Å². The number of aliphatic hydroxyl groups is 1. The lowest BCUT2D eigenvalue weighted by molar-refractivity contribution is -0.0112. The maximum absolute atomic E-state index is 9.79. The molecule has 2 heterocycles. The fourth-order valence-corrected chi connectivity index (χ4v) is 1.40. The van der Waals surface area contributed by atoms with Crippen molar-refractivity contribution in [2.75, 3.05) is 13.1 Å². The fourth-order valence-electron chi connectivity index (χ4n) is 1.40. The molecular weight excluding hydrogens is 154 g/mol. The number of hydrogen-bond acceptors (Lipinski definition) is 3. The Morgan fingerprint density at radius 1 is 1.75 bits per heavy atom. The molecule has 4 heteroatoms. The molecule has 1 aromatic heterocycles. The zero-order valence-electron chi connectivity index (χ0n) is 7.12. The molecule has 4 nitrogen and oxygen atoms in total. The van der Waals surface area contributed by atoms with Gasteiger partial charge in [-0.25, -0.2) is 4.98 Å². The largest absolute Gasteiger partial charge is 0.387 e. The summed E-state index contributed by atoms with van der Waals surface area (Å²) in [5.74, 6) is 0.944. The number of β-amino-alcohol motifs (C(OH)–C–C–N with tert-alkyl or cyclic N) is 1. The van der Waals surface area contributed by atoms with Gasteiger partial charge in [0, 0.05) is 39.0 Å². The Hall–Kier alpha value is -0.870. The Balaban J connectivity index is 2.08. The van der Waals surface area contributed by atoms with Crippen molar-refractivity contribution in [2.24, 2.45) is 7.05 Å². The number of aryl methyl sites for hydroxylation is 1. The molecule has 0 saturated carbocycles. The van der Waals surface area contributed by atoms with Crippen LogP contribution in [0.15, 0.2) is 12.4 Å². The van der Waals surface area contributed by atoms with Crippen molar-refractivity contribution in [3.8, 4) is 0 Å². The van der Waals surface area contributed by atoms with Crippen LogP contribution >= 0.6 is 0 Å². The molecule has 1 fully saturated rings. The molecule has 66 valence electrons. The van der Waals surface area contributed by atoms with E-state index < -0.39 is 5.60 Å². The van der Waals surface area contributed by atoms with Gasteiger partial charge in [0.15, 0.2) is 0 Å². The average molecular weight is 167 g/mol. The minimum Gasteiger partial charge on any atom is -0.387 e. The lowest BCUT2D eigenvalue weighted by Gasteiger charge is -2.37. The third-order valence-electron chi connectivity index (χ3n) is 2.32. The predicted octanol–water partition coefficient (Wildman–Crippen LogP) is -0.703. The number of nitrogens with zero attached hydrogens (tertiary/aromatic N) is 2. The molecule has 1 aliphatic heterocycles. The van der Waals surface area contributed by atoms with Gasteiger partial charge in [-0.1, -0.05) is 0 Å². The molecule has 1 aliphatic rings. The Morgan fingerprint density at radius 2 is 2.50 bits per heavy atom. The molecule has 0 aliphatic carbocycles. The van der Waals surface area contributed by atoms with Gasteiger partial charge in [0.05, 0.1) is 5.60 Å². The summed E-state index contributed by atoms with van der Waals surface area (Å²) in [7, 11) is 1.94. The van der Waals surface area contributed by atoms with E-state index in [1.807, 2.05) is 17.8 Å². The minimum atomic E-state index is -0.556. The topological polar surface area (TPSA) is 50.1 Å². The highest BCUT2D eigenvalue weighted by Crippen LogP contribution is 2.15. The number of rotatable bonds is 2. The minimum absolute atomic E-state index is 0.556. The van der Waals surface area contributed by atoms with Gasteiger partial charge < -0.3 is 15.0 Å². The number of hydrogen-bond donors (Lipinski definition) is 2. The quantitative estimate of drug-likeness (QED) is 0.612. The SMILES string of the molecule is Cn1ccnc1CC1(O)CNC1. The summed E-state index contributed by atoms with van der Waals surface area (Å²) in [4.78, 5) is 4.16. The van der Waals surface area contributed by atoms with E-state index in [1.54, 1.807) is 6.20 Å². The molecule has 2 rings (SSSR count). The highest BCUT2D eigenvalue weighted by atomic mass is 16.3. The first-order chi connectivity index (χ1) is 5.70. The van der Waals surface area contributed by atoms with Gasteiger partial charge in [-0.3, -0.25) is 0 Å². The standard InChI is InChI=1S/C8H13N3O/c1-11-3-2-10-7(11)4-8(12)5-9-6-8/h2-3,9,12H,4-6H2,1H3. The molecule has 0 spiro atoms. The predicted molar refractivity (Wildman–Crippen MR) is 44.7 cm³/mol. The third kappa shape index (κ3) is 1.23. The molecule has 12 heavy (non-hydrogen) atoms. The van der Waals surface area contributed by atoms with Crippen molar-refractivity contribution < 1.29 is 5.11 Å². The second-order valence-corrected chi connectivity index (χ2v) is 3.46. The van der Waals surface area contributed by atoms with Crippen molar-refractivity contribution in [3.63, 3.8) is 0 Å². The first-order valence-corrected chi connectivity index (χ1v) is 4.09. The molecule has 0 amide bonds. The number of imidazole rings is 1. The maximum atomic E-state index is 9.79. The van der Waals surface area contributed by atoms with Crippen molar-refractivity contribution in [3.05, 3.63) is 18.2 Å². The van der Waals surface area contributed by atoms with Gasteiger partial charge in [-0.05, 0) is 0 Å². The fraction of sp³-hybridized carbons (Fsp3) is 0.625. The molecule has 0 radical (unpaired) electrons. The van der Waals surface area contributed by atoms with Crippen LogP contribution in [-0.2, 0) is 13.5 Å². The second-order valence-electron chi connectivity index (χ2n) is 3.46. The smallest absolute Gasteiger partial charge is 0.111 e. The van der Waals surface area contributed by atoms with E-state index in [2.05, 4.69) is 10.3 Å². The monoisotopic (exact) mass is 167 g/mol. The van der Waals surface area contributed by atoms with Crippen molar-refractivity contribution in [1.29, 1.82) is 0 Å². The van der Waals surface area contributed by atoms with E-state index in [0.717, 1.165) is 5.82 Å². The third-order valence-corrected chi connectivity index (χ3v) is 2.32. The van der Waals surface area contributed by atoms with Crippen LogP contribution in [0.5, 0.6) is 0 Å². The Bertz CT molecular complexity index is 278. The van der Waals surface area contributed by atoms with Gasteiger partial charge in [-0.15, -0.1) is 0 Å². The van der Waals surface area contributed by atoms with Gasteiger partial charge in [0.25, 0.3) is 0 Å². The number of nitrogens with one attached hydrogen (secondary N) is 1. The van der Waals surface area contributed by atoms with Crippen molar-refractivity contribution in [2.45, 2.75) is 12.0 Å². The molecule has 0 atom stereocenters. The maximum Gasteiger partial charge on any atom is 0.111 e. The van der Waals surface area contributed by atoms with E-state index in [1.165, 1.54) is 0 Å². The van der Waals surface area contributed by atoms with Crippen LogP contribution in [0, 0.1) is 0 Å². The normalized spacial score (nSPS) is 20.5.